The number of carbonyl (C=O) groups excluding carboxylic acids is 1. The number of carbonyl (C=O) groups is 2. The van der Waals surface area contributed by atoms with E-state index in [-0.39, 0.29) is 18.3 Å². The first-order valence-corrected chi connectivity index (χ1v) is 11.2. The largest absolute Gasteiger partial charge is 0.481 e. The van der Waals surface area contributed by atoms with E-state index in [0.29, 0.717) is 17.6 Å². The molecule has 4 nitrogen and oxygen atoms in total. The van der Waals surface area contributed by atoms with Crippen molar-refractivity contribution in [3.63, 3.8) is 0 Å². The predicted octanol–water partition coefficient (Wildman–Crippen LogP) is 4.54. The van der Waals surface area contributed by atoms with Crippen molar-refractivity contribution in [2.45, 2.75) is 77.6 Å². The van der Waals surface area contributed by atoms with Crippen molar-refractivity contribution in [3.05, 3.63) is 0 Å². The summed E-state index contributed by atoms with van der Waals surface area (Å²) in [6.45, 7) is 2.47. The molecule has 0 amide bonds. The average molecular weight is 373 g/mol. The van der Waals surface area contributed by atoms with Crippen LogP contribution in [-0.2, 0) is 9.59 Å². The van der Waals surface area contributed by atoms with E-state index in [1.165, 1.54) is 31.0 Å². The van der Waals surface area contributed by atoms with E-state index in [4.69, 9.17) is 5.11 Å². The maximum Gasteiger partial charge on any atom is 0.313 e. The lowest BCUT2D eigenvalue weighted by molar-refractivity contribution is -0.133. The van der Waals surface area contributed by atoms with Gasteiger partial charge in [-0.2, -0.15) is 11.8 Å². The molecule has 25 heavy (non-hydrogen) atoms. The summed E-state index contributed by atoms with van der Waals surface area (Å²) in [5, 5.41) is 18.2. The van der Waals surface area contributed by atoms with Crippen molar-refractivity contribution >= 4 is 23.5 Å². The molecule has 1 aliphatic carbocycles. The smallest absolute Gasteiger partial charge is 0.313 e. The normalized spacial score (nSPS) is 21.6. The maximum atomic E-state index is 12.2. The van der Waals surface area contributed by atoms with Gasteiger partial charge in [0.05, 0.1) is 5.75 Å². The van der Waals surface area contributed by atoms with Gasteiger partial charge in [-0.25, -0.2) is 0 Å². The number of carboxylic acid groups (broad SMARTS) is 1. The molecule has 2 N–H and O–H groups in total. The van der Waals surface area contributed by atoms with Crippen molar-refractivity contribution in [2.75, 3.05) is 18.1 Å². The number of unbranched alkanes of at least 4 members (excludes halogenated alkanes) is 3. The highest BCUT2D eigenvalue weighted by Crippen LogP contribution is 2.37. The lowest BCUT2D eigenvalue weighted by Gasteiger charge is -2.21. The third-order valence-electron chi connectivity index (χ3n) is 5.44. The third kappa shape index (κ3) is 9.64. The molecule has 0 aromatic carbocycles. The number of Topliss-reactive ketones (excluding diaryl/α,β-unsaturated/α-hetero) is 1. The molecule has 1 aliphatic rings. The highest BCUT2D eigenvalue weighted by Gasteiger charge is 2.33. The molecule has 0 bridgehead atoms. The third-order valence-corrected chi connectivity index (χ3v) is 6.47. The van der Waals surface area contributed by atoms with Gasteiger partial charge in [-0.05, 0) is 56.1 Å². The molecule has 0 saturated heterocycles. The summed E-state index contributed by atoms with van der Waals surface area (Å²) in [4.78, 5) is 22.7. The molecule has 0 spiro atoms. The Kier molecular flexibility index (Phi) is 12.3. The van der Waals surface area contributed by atoms with Crippen LogP contribution in [-0.4, -0.2) is 40.1 Å². The van der Waals surface area contributed by atoms with Gasteiger partial charge in [0.25, 0.3) is 0 Å². The second-order valence-corrected chi connectivity index (χ2v) is 8.54. The van der Waals surface area contributed by atoms with E-state index in [2.05, 4.69) is 6.92 Å². The minimum atomic E-state index is -0.756. The van der Waals surface area contributed by atoms with Crippen molar-refractivity contribution in [1.29, 1.82) is 0 Å². The molecule has 0 aliphatic heterocycles. The van der Waals surface area contributed by atoms with Crippen LogP contribution in [0, 0.1) is 17.8 Å². The topological polar surface area (TPSA) is 74.6 Å². The first kappa shape index (κ1) is 22.5. The number of rotatable bonds is 15. The molecule has 1 unspecified atom stereocenters. The Morgan fingerprint density at radius 2 is 2.00 bits per heavy atom. The molecule has 1 rings (SSSR count). The van der Waals surface area contributed by atoms with Crippen molar-refractivity contribution in [1.82, 2.24) is 0 Å². The molecular formula is C20H36O4S. The fraction of sp³-hybridized carbons (Fsp3) is 0.900. The van der Waals surface area contributed by atoms with Gasteiger partial charge in [-0.3, -0.25) is 9.59 Å². The molecule has 0 radical (unpaired) electrons. The molecule has 1 fully saturated rings. The predicted molar refractivity (Wildman–Crippen MR) is 104 cm³/mol. The van der Waals surface area contributed by atoms with Gasteiger partial charge in [-0.15, -0.1) is 0 Å². The SMILES string of the molecule is CCCCCC(CO)CC[C@H]1CCC(=O)[C@@H]1CCCCSCC(=O)O. The Morgan fingerprint density at radius 1 is 1.20 bits per heavy atom. The summed E-state index contributed by atoms with van der Waals surface area (Å²) < 4.78 is 0. The summed E-state index contributed by atoms with van der Waals surface area (Å²) in [5.74, 6) is 1.81. The number of thioether (sulfide) groups is 1. The second kappa shape index (κ2) is 13.6. The van der Waals surface area contributed by atoms with Gasteiger partial charge in [0.1, 0.15) is 5.78 Å². The summed E-state index contributed by atoms with van der Waals surface area (Å²) in [6.07, 6.45) is 11.6. The van der Waals surface area contributed by atoms with Crippen LogP contribution in [0.2, 0.25) is 0 Å². The van der Waals surface area contributed by atoms with Gasteiger partial charge < -0.3 is 10.2 Å². The van der Waals surface area contributed by atoms with Crippen molar-refractivity contribution < 1.29 is 19.8 Å². The number of hydrogen-bond donors (Lipinski definition) is 2. The van der Waals surface area contributed by atoms with Gasteiger partial charge in [-0.1, -0.05) is 32.6 Å². The highest BCUT2D eigenvalue weighted by molar-refractivity contribution is 7.99. The summed E-state index contributed by atoms with van der Waals surface area (Å²) in [5.41, 5.74) is 0. The number of aliphatic hydroxyl groups excluding tert-OH is 1. The zero-order valence-electron chi connectivity index (χ0n) is 15.8. The van der Waals surface area contributed by atoms with E-state index in [1.54, 1.807) is 0 Å². The number of aliphatic hydroxyl groups is 1. The van der Waals surface area contributed by atoms with Gasteiger partial charge >= 0.3 is 5.97 Å². The number of carboxylic acids is 1. The van der Waals surface area contributed by atoms with E-state index in [9.17, 15) is 14.7 Å². The number of ketones is 1. The monoisotopic (exact) mass is 372 g/mol. The van der Waals surface area contributed by atoms with E-state index >= 15 is 0 Å². The van der Waals surface area contributed by atoms with Crippen molar-refractivity contribution in [3.8, 4) is 0 Å². The highest BCUT2D eigenvalue weighted by atomic mass is 32.2. The van der Waals surface area contributed by atoms with Crippen LogP contribution >= 0.6 is 11.8 Å². The maximum absolute atomic E-state index is 12.2. The standard InChI is InChI=1S/C20H36O4S/c1-2-3-4-7-16(14-21)9-10-17-11-12-19(22)18(17)8-5-6-13-25-15-20(23)24/h16-18,21H,2-15H2,1H3,(H,23,24)/t16?,17-,18+/m0/s1. The zero-order valence-corrected chi connectivity index (χ0v) is 16.6. The molecule has 1 saturated carbocycles. The van der Waals surface area contributed by atoms with Gasteiger partial charge in [0, 0.05) is 18.9 Å². The van der Waals surface area contributed by atoms with Crippen LogP contribution in [0.3, 0.4) is 0 Å². The molecule has 0 heterocycles. The minimum absolute atomic E-state index is 0.172. The first-order chi connectivity index (χ1) is 12.1. The fourth-order valence-corrected chi connectivity index (χ4v) is 4.63. The molecule has 0 aromatic heterocycles. The second-order valence-electron chi connectivity index (χ2n) is 7.44. The number of aliphatic carboxylic acids is 1. The summed E-state index contributed by atoms with van der Waals surface area (Å²) in [7, 11) is 0. The number of hydrogen-bond acceptors (Lipinski definition) is 4. The van der Waals surface area contributed by atoms with Gasteiger partial charge in [0.2, 0.25) is 0 Å². The van der Waals surface area contributed by atoms with Crippen molar-refractivity contribution in [2.24, 2.45) is 17.8 Å². The van der Waals surface area contributed by atoms with E-state index < -0.39 is 5.97 Å². The average Bonchev–Trinajstić information content (AvgIpc) is 2.94. The van der Waals surface area contributed by atoms with Crippen LogP contribution in [0.15, 0.2) is 0 Å². The van der Waals surface area contributed by atoms with Crippen LogP contribution in [0.5, 0.6) is 0 Å². The Hall–Kier alpha value is -0.550. The zero-order chi connectivity index (χ0) is 18.5. The molecule has 146 valence electrons. The molecule has 5 heteroatoms. The lowest BCUT2D eigenvalue weighted by atomic mass is 9.84. The first-order valence-electron chi connectivity index (χ1n) is 10.0. The Morgan fingerprint density at radius 3 is 2.68 bits per heavy atom. The quantitative estimate of drug-likeness (QED) is 0.413. The Labute approximate surface area is 157 Å². The van der Waals surface area contributed by atoms with Crippen LogP contribution < -0.4 is 0 Å². The van der Waals surface area contributed by atoms with E-state index in [1.807, 2.05) is 0 Å². The van der Waals surface area contributed by atoms with Crippen LogP contribution in [0.1, 0.15) is 77.6 Å². The van der Waals surface area contributed by atoms with E-state index in [0.717, 1.165) is 57.1 Å². The molecular weight excluding hydrogens is 336 g/mol. The van der Waals surface area contributed by atoms with Gasteiger partial charge in [0.15, 0.2) is 0 Å². The fourth-order valence-electron chi connectivity index (χ4n) is 3.91. The summed E-state index contributed by atoms with van der Waals surface area (Å²) in [6, 6.07) is 0. The minimum Gasteiger partial charge on any atom is -0.481 e. The van der Waals surface area contributed by atoms with Crippen LogP contribution in [0.25, 0.3) is 0 Å². The summed E-state index contributed by atoms with van der Waals surface area (Å²) >= 11 is 1.46. The Balaban J connectivity index is 2.25. The molecule has 0 aromatic rings. The Bertz CT molecular complexity index is 386. The molecule has 3 atom stereocenters. The van der Waals surface area contributed by atoms with Crippen LogP contribution in [0.4, 0.5) is 0 Å². The lowest BCUT2D eigenvalue weighted by Crippen LogP contribution is -2.17.